The van der Waals surface area contributed by atoms with Crippen molar-refractivity contribution in [2.24, 2.45) is 5.92 Å². The van der Waals surface area contributed by atoms with Crippen molar-refractivity contribution in [3.05, 3.63) is 53.2 Å². The van der Waals surface area contributed by atoms with E-state index in [0.717, 1.165) is 15.9 Å². The van der Waals surface area contributed by atoms with Gasteiger partial charge in [-0.3, -0.25) is 4.98 Å². The van der Waals surface area contributed by atoms with E-state index in [1.165, 1.54) is 11.3 Å². The molecule has 1 aromatic carbocycles. The summed E-state index contributed by atoms with van der Waals surface area (Å²) in [7, 11) is 1.60. The number of aliphatic hydroxyl groups is 2. The number of anilines is 2. The summed E-state index contributed by atoms with van der Waals surface area (Å²) in [5.41, 5.74) is 2.80. The van der Waals surface area contributed by atoms with Gasteiger partial charge in [-0.2, -0.15) is 4.98 Å². The van der Waals surface area contributed by atoms with E-state index in [4.69, 9.17) is 19.4 Å². The standard InChI is InChI=1S/C28H31F3N6O4S/c1-12(40-4)10-33-28-34-13(2)22(27-36-23-14(3)32-6-5-21(23)42-27)26(37-28)35-19-7-15(24(38)25(19)39)11-41-20-9-17(30)16(29)8-18(20)31/h5-6,8-9,12,15,19,24-25,38-39H,7,10-11H2,1-4H3,(H2,33,34,35,37)/t12-,15-,19-,24-,25+/m1/s1. The molecular weight excluding hydrogens is 573 g/mol. The van der Waals surface area contributed by atoms with Crippen molar-refractivity contribution in [2.75, 3.05) is 30.9 Å². The van der Waals surface area contributed by atoms with Crippen LogP contribution in [-0.2, 0) is 4.74 Å². The molecule has 0 radical (unpaired) electrons. The molecule has 10 nitrogen and oxygen atoms in total. The van der Waals surface area contributed by atoms with E-state index in [2.05, 4.69) is 20.6 Å². The highest BCUT2D eigenvalue weighted by molar-refractivity contribution is 7.21. The Morgan fingerprint density at radius 2 is 1.81 bits per heavy atom. The third-order valence-corrected chi connectivity index (χ3v) is 8.33. The predicted octanol–water partition coefficient (Wildman–Crippen LogP) is 4.23. The summed E-state index contributed by atoms with van der Waals surface area (Å²) in [5.74, 6) is -4.05. The van der Waals surface area contributed by atoms with Gasteiger partial charge in [0.05, 0.1) is 46.5 Å². The Hall–Kier alpha value is -3.59. The summed E-state index contributed by atoms with van der Waals surface area (Å²) in [4.78, 5) is 18.4. The van der Waals surface area contributed by atoms with Gasteiger partial charge >= 0.3 is 0 Å². The van der Waals surface area contributed by atoms with Crippen LogP contribution in [0.2, 0.25) is 0 Å². The lowest BCUT2D eigenvalue weighted by Gasteiger charge is -2.21. The van der Waals surface area contributed by atoms with E-state index < -0.39 is 47.4 Å². The number of nitrogens with zero attached hydrogens (tertiary/aromatic N) is 4. The summed E-state index contributed by atoms with van der Waals surface area (Å²) >= 11 is 1.45. The molecular formula is C28H31F3N6O4S. The molecule has 1 aliphatic carbocycles. The molecule has 1 aliphatic rings. The molecule has 0 bridgehead atoms. The summed E-state index contributed by atoms with van der Waals surface area (Å²) in [6.45, 7) is 5.82. The zero-order chi connectivity index (χ0) is 30.1. The third kappa shape index (κ3) is 6.11. The molecule has 0 aliphatic heterocycles. The SMILES string of the molecule is CO[C@H](C)CNc1nc(C)c(-c2nc3c(C)nccc3s2)c(N[C@@H]2C[C@H](COc3cc(F)c(F)cc3F)[C@@H](O)[C@H]2O)n1. The van der Waals surface area contributed by atoms with Crippen LogP contribution in [0.3, 0.4) is 0 Å². The van der Waals surface area contributed by atoms with Crippen LogP contribution >= 0.6 is 11.3 Å². The van der Waals surface area contributed by atoms with E-state index in [0.29, 0.717) is 46.7 Å². The lowest BCUT2D eigenvalue weighted by Crippen LogP contribution is -2.36. The quantitative estimate of drug-likeness (QED) is 0.195. The number of aliphatic hydroxyl groups excluding tert-OH is 2. The van der Waals surface area contributed by atoms with Crippen molar-refractivity contribution in [1.29, 1.82) is 0 Å². The van der Waals surface area contributed by atoms with Gasteiger partial charge in [0, 0.05) is 37.9 Å². The minimum atomic E-state index is -1.33. The number of ether oxygens (including phenoxy) is 2. The second-order valence-electron chi connectivity index (χ2n) is 10.3. The van der Waals surface area contributed by atoms with Crippen LogP contribution in [0.4, 0.5) is 24.9 Å². The molecule has 3 heterocycles. The van der Waals surface area contributed by atoms with Gasteiger partial charge in [-0.25, -0.2) is 23.1 Å². The van der Waals surface area contributed by atoms with Crippen molar-refractivity contribution in [1.82, 2.24) is 19.9 Å². The van der Waals surface area contributed by atoms with Gasteiger partial charge in [-0.1, -0.05) is 0 Å². The van der Waals surface area contributed by atoms with Gasteiger partial charge in [-0.15, -0.1) is 11.3 Å². The number of pyridine rings is 1. The van der Waals surface area contributed by atoms with Crippen molar-refractivity contribution < 1.29 is 32.9 Å². The average molecular weight is 605 g/mol. The molecule has 3 aromatic heterocycles. The first-order valence-corrected chi connectivity index (χ1v) is 14.1. The predicted molar refractivity (Wildman–Crippen MR) is 152 cm³/mol. The highest BCUT2D eigenvalue weighted by Crippen LogP contribution is 2.38. The highest BCUT2D eigenvalue weighted by atomic mass is 32.1. The normalized spacial score (nSPS) is 21.1. The number of halogens is 3. The lowest BCUT2D eigenvalue weighted by molar-refractivity contribution is 0.00681. The summed E-state index contributed by atoms with van der Waals surface area (Å²) in [5, 5.41) is 28.8. The molecule has 5 atom stereocenters. The van der Waals surface area contributed by atoms with Gasteiger partial charge < -0.3 is 30.3 Å². The Morgan fingerprint density at radius 1 is 1.05 bits per heavy atom. The number of methoxy groups -OCH3 is 1. The van der Waals surface area contributed by atoms with E-state index in [9.17, 15) is 23.4 Å². The van der Waals surface area contributed by atoms with Gasteiger partial charge in [0.2, 0.25) is 5.95 Å². The summed E-state index contributed by atoms with van der Waals surface area (Å²) in [6.07, 6.45) is -0.641. The molecule has 0 unspecified atom stereocenters. The number of thiazole rings is 1. The Morgan fingerprint density at radius 3 is 2.55 bits per heavy atom. The topological polar surface area (TPSA) is 135 Å². The van der Waals surface area contributed by atoms with Crippen molar-refractivity contribution in [2.45, 2.75) is 51.5 Å². The van der Waals surface area contributed by atoms with Crippen LogP contribution in [0, 0.1) is 37.2 Å². The number of benzene rings is 1. The number of rotatable bonds is 10. The van der Waals surface area contributed by atoms with Gasteiger partial charge in [0.1, 0.15) is 22.4 Å². The fraction of sp³-hybridized carbons (Fsp3) is 0.429. The number of hydrogen-bond donors (Lipinski definition) is 4. The summed E-state index contributed by atoms with van der Waals surface area (Å²) < 4.78 is 52.6. The largest absolute Gasteiger partial charge is 0.490 e. The number of hydrogen-bond acceptors (Lipinski definition) is 11. The molecule has 5 rings (SSSR count). The molecule has 0 spiro atoms. The maximum atomic E-state index is 14.1. The molecule has 0 amide bonds. The zero-order valence-electron chi connectivity index (χ0n) is 23.4. The summed E-state index contributed by atoms with van der Waals surface area (Å²) in [6, 6.07) is 2.21. The second kappa shape index (κ2) is 12.3. The first-order valence-electron chi connectivity index (χ1n) is 13.3. The smallest absolute Gasteiger partial charge is 0.224 e. The maximum Gasteiger partial charge on any atom is 0.224 e. The molecule has 42 heavy (non-hydrogen) atoms. The van der Waals surface area contributed by atoms with Crippen molar-refractivity contribution >= 4 is 33.3 Å². The molecule has 224 valence electrons. The third-order valence-electron chi connectivity index (χ3n) is 7.30. The molecule has 4 aromatic rings. The number of aromatic nitrogens is 4. The first-order chi connectivity index (χ1) is 20.0. The second-order valence-corrected chi connectivity index (χ2v) is 11.3. The van der Waals surface area contributed by atoms with Crippen molar-refractivity contribution in [3.8, 4) is 16.3 Å². The first kappa shape index (κ1) is 29.9. The Balaban J connectivity index is 1.42. The van der Waals surface area contributed by atoms with E-state index in [-0.39, 0.29) is 19.1 Å². The number of fused-ring (bicyclic) bond motifs is 1. The van der Waals surface area contributed by atoms with Crippen LogP contribution in [-0.4, -0.2) is 74.8 Å². The minimum Gasteiger partial charge on any atom is -0.490 e. The zero-order valence-corrected chi connectivity index (χ0v) is 24.2. The van der Waals surface area contributed by atoms with Gasteiger partial charge in [0.25, 0.3) is 0 Å². The molecule has 4 N–H and O–H groups in total. The van der Waals surface area contributed by atoms with Crippen LogP contribution in [0.15, 0.2) is 24.4 Å². The minimum absolute atomic E-state index is 0.100. The Labute approximate surface area is 244 Å². The molecule has 14 heteroatoms. The van der Waals surface area contributed by atoms with E-state index in [1.807, 2.05) is 26.8 Å². The van der Waals surface area contributed by atoms with Crippen LogP contribution in [0.5, 0.6) is 5.75 Å². The Kier molecular flexibility index (Phi) is 8.78. The molecule has 0 saturated heterocycles. The van der Waals surface area contributed by atoms with Crippen molar-refractivity contribution in [3.63, 3.8) is 0 Å². The van der Waals surface area contributed by atoms with E-state index in [1.54, 1.807) is 13.3 Å². The highest BCUT2D eigenvalue weighted by Gasteiger charge is 2.42. The molecule has 1 saturated carbocycles. The number of aryl methyl sites for hydroxylation is 2. The van der Waals surface area contributed by atoms with Gasteiger partial charge in [0.15, 0.2) is 23.2 Å². The van der Waals surface area contributed by atoms with Gasteiger partial charge in [-0.05, 0) is 33.3 Å². The lowest BCUT2D eigenvalue weighted by atomic mass is 10.1. The monoisotopic (exact) mass is 604 g/mol. The Bertz CT molecular complexity index is 1590. The fourth-order valence-corrected chi connectivity index (χ4v) is 5.95. The molecule has 1 fully saturated rings. The number of nitrogens with one attached hydrogen (secondary N) is 2. The average Bonchev–Trinajstić information content (AvgIpc) is 3.50. The van der Waals surface area contributed by atoms with Crippen LogP contribution in [0.1, 0.15) is 24.7 Å². The van der Waals surface area contributed by atoms with Crippen LogP contribution in [0.25, 0.3) is 20.8 Å². The maximum absolute atomic E-state index is 14.1. The van der Waals surface area contributed by atoms with Crippen LogP contribution < -0.4 is 15.4 Å². The van der Waals surface area contributed by atoms with E-state index >= 15 is 0 Å². The fourth-order valence-electron chi connectivity index (χ4n) is 4.84.